The normalized spacial score (nSPS) is 21.5. The van der Waals surface area contributed by atoms with Crippen LogP contribution in [-0.4, -0.2) is 38.4 Å². The first-order chi connectivity index (χ1) is 14.8. The van der Waals surface area contributed by atoms with Crippen LogP contribution in [0.15, 0.2) is 60.7 Å². The van der Waals surface area contributed by atoms with Crippen molar-refractivity contribution in [3.63, 3.8) is 0 Å². The first-order valence-corrected chi connectivity index (χ1v) is 9.97. The molecule has 1 amide bonds. The van der Waals surface area contributed by atoms with Gasteiger partial charge in [-0.25, -0.2) is 4.79 Å². The van der Waals surface area contributed by atoms with Gasteiger partial charge in [-0.3, -0.25) is 4.79 Å². The molecule has 3 rings (SSSR count). The molecule has 2 bridgehead atoms. The Labute approximate surface area is 180 Å². The summed E-state index contributed by atoms with van der Waals surface area (Å²) >= 11 is 0. The van der Waals surface area contributed by atoms with Crippen LogP contribution in [0.25, 0.3) is 0 Å². The second kappa shape index (κ2) is 9.49. The Morgan fingerprint density at radius 2 is 1.90 bits per heavy atom. The lowest BCUT2D eigenvalue weighted by atomic mass is 9.86. The van der Waals surface area contributed by atoms with E-state index in [4.69, 9.17) is 0 Å². The Balaban J connectivity index is 2.09. The lowest BCUT2D eigenvalue weighted by Gasteiger charge is -2.21. The van der Waals surface area contributed by atoms with Crippen LogP contribution in [0.3, 0.4) is 0 Å². The van der Waals surface area contributed by atoms with E-state index >= 15 is 0 Å². The molecule has 1 aliphatic heterocycles. The molecule has 7 heteroatoms. The second-order valence-corrected chi connectivity index (χ2v) is 7.61. The van der Waals surface area contributed by atoms with E-state index in [0.29, 0.717) is 24.0 Å². The molecule has 0 aromatic heterocycles. The van der Waals surface area contributed by atoms with Gasteiger partial charge in [-0.15, -0.1) is 0 Å². The van der Waals surface area contributed by atoms with E-state index in [1.807, 2.05) is 6.08 Å². The first-order valence-electron chi connectivity index (χ1n) is 9.97. The Morgan fingerprint density at radius 1 is 1.16 bits per heavy atom. The number of hydrogen-bond donors (Lipinski definition) is 5. The number of aliphatic hydroxyl groups excluding tert-OH is 1. The largest absolute Gasteiger partial charge is 0.508 e. The predicted molar refractivity (Wildman–Crippen MR) is 116 cm³/mol. The number of aromatic hydroxyl groups is 2. The highest BCUT2D eigenvalue weighted by Gasteiger charge is 2.25. The lowest BCUT2D eigenvalue weighted by molar-refractivity contribution is -0.121. The van der Waals surface area contributed by atoms with Gasteiger partial charge in [0.05, 0.1) is 23.3 Å². The predicted octanol–water partition coefficient (Wildman–Crippen LogP) is 3.57. The number of phenols is 2. The summed E-state index contributed by atoms with van der Waals surface area (Å²) in [6.45, 7) is 1.56. The number of phenolic OH excluding ortho intramolecular Hbond substituents is 2. The summed E-state index contributed by atoms with van der Waals surface area (Å²) < 4.78 is 0. The van der Waals surface area contributed by atoms with Crippen LogP contribution in [0.4, 0.5) is 5.69 Å². The van der Waals surface area contributed by atoms with E-state index in [1.165, 1.54) is 24.3 Å². The minimum atomic E-state index is -1.05. The molecule has 31 heavy (non-hydrogen) atoms. The first kappa shape index (κ1) is 22.1. The number of nitrogens with one attached hydrogen (secondary N) is 1. The van der Waals surface area contributed by atoms with E-state index in [9.17, 15) is 30.0 Å². The molecule has 1 heterocycles. The van der Waals surface area contributed by atoms with Crippen molar-refractivity contribution in [2.75, 3.05) is 5.32 Å². The molecule has 0 fully saturated rings. The molecular formula is C24H25NO6. The van der Waals surface area contributed by atoms with E-state index in [-0.39, 0.29) is 28.7 Å². The number of aromatic carboxylic acids is 1. The number of hydrogen-bond acceptors (Lipinski definition) is 5. The van der Waals surface area contributed by atoms with Gasteiger partial charge in [0.2, 0.25) is 5.91 Å². The van der Waals surface area contributed by atoms with Crippen molar-refractivity contribution in [1.82, 2.24) is 0 Å². The smallest absolute Gasteiger partial charge is 0.335 e. The van der Waals surface area contributed by atoms with Crippen LogP contribution in [0.2, 0.25) is 0 Å². The zero-order valence-corrected chi connectivity index (χ0v) is 17.0. The van der Waals surface area contributed by atoms with Gasteiger partial charge in [-0.2, -0.15) is 0 Å². The third-order valence-corrected chi connectivity index (χ3v) is 5.44. The molecule has 0 radical (unpaired) electrons. The van der Waals surface area contributed by atoms with Crippen molar-refractivity contribution in [2.45, 2.75) is 31.8 Å². The SMILES string of the molecule is CC1C(=O)Nc2cc(O)cc(c2O)C(Cc2ccccc2C(=O)O)CC=CC=CC1O. The number of benzene rings is 2. The average molecular weight is 423 g/mol. The standard InChI is InChI=1S/C24H25NO6/c1-14-21(27)10-4-2-3-7-16(11-15-8-5-6-9-18(15)24(30)31)19-12-17(26)13-20(22(19)28)25-23(14)29/h2-6,8-10,12-14,16,21,26-28H,7,11H2,1H3,(H,25,29)(H,30,31). The lowest BCUT2D eigenvalue weighted by Crippen LogP contribution is -2.29. The van der Waals surface area contributed by atoms with Gasteiger partial charge in [0.1, 0.15) is 11.5 Å². The molecule has 0 saturated heterocycles. The maximum atomic E-state index is 12.5. The maximum Gasteiger partial charge on any atom is 0.335 e. The quantitative estimate of drug-likeness (QED) is 0.379. The fourth-order valence-corrected chi connectivity index (χ4v) is 3.61. The van der Waals surface area contributed by atoms with Crippen LogP contribution in [-0.2, 0) is 11.2 Å². The topological polar surface area (TPSA) is 127 Å². The third kappa shape index (κ3) is 5.13. The van der Waals surface area contributed by atoms with Crippen LogP contribution in [0.1, 0.15) is 40.7 Å². The van der Waals surface area contributed by atoms with Gasteiger partial charge in [0.25, 0.3) is 0 Å². The summed E-state index contributed by atoms with van der Waals surface area (Å²) in [5.74, 6) is -3.07. The highest BCUT2D eigenvalue weighted by molar-refractivity contribution is 5.95. The summed E-state index contributed by atoms with van der Waals surface area (Å²) in [4.78, 5) is 24.1. The van der Waals surface area contributed by atoms with Crippen molar-refractivity contribution in [2.24, 2.45) is 5.92 Å². The van der Waals surface area contributed by atoms with Gasteiger partial charge < -0.3 is 25.7 Å². The Kier molecular flexibility index (Phi) is 6.77. The number of carboxylic acid groups (broad SMARTS) is 1. The Hall–Kier alpha value is -3.58. The summed E-state index contributed by atoms with van der Waals surface area (Å²) in [7, 11) is 0. The number of aliphatic hydroxyl groups is 1. The van der Waals surface area contributed by atoms with Crippen molar-refractivity contribution < 1.29 is 30.0 Å². The van der Waals surface area contributed by atoms with E-state index < -0.39 is 23.9 Å². The number of allylic oxidation sites excluding steroid dienone is 3. The fraction of sp³-hybridized carbons (Fsp3) is 0.250. The maximum absolute atomic E-state index is 12.5. The van der Waals surface area contributed by atoms with E-state index in [1.54, 1.807) is 37.3 Å². The third-order valence-electron chi connectivity index (χ3n) is 5.44. The number of rotatable bonds is 3. The van der Waals surface area contributed by atoms with Gasteiger partial charge >= 0.3 is 5.97 Å². The summed E-state index contributed by atoms with van der Waals surface area (Å²) in [5.41, 5.74) is 1.17. The number of carboxylic acids is 1. The molecule has 3 atom stereocenters. The molecule has 0 saturated carbocycles. The molecule has 1 aliphatic rings. The number of amides is 1. The Morgan fingerprint density at radius 3 is 2.65 bits per heavy atom. The average Bonchev–Trinajstić information content (AvgIpc) is 2.74. The fourth-order valence-electron chi connectivity index (χ4n) is 3.61. The molecule has 3 unspecified atom stereocenters. The van der Waals surface area contributed by atoms with E-state index in [2.05, 4.69) is 5.32 Å². The number of fused-ring (bicyclic) bond motifs is 2. The zero-order chi connectivity index (χ0) is 22.5. The number of carbonyl (C=O) groups excluding carboxylic acids is 1. The highest BCUT2D eigenvalue weighted by atomic mass is 16.4. The van der Waals surface area contributed by atoms with Crippen LogP contribution >= 0.6 is 0 Å². The minimum absolute atomic E-state index is 0.0303. The summed E-state index contributed by atoms with van der Waals surface area (Å²) in [6, 6.07) is 9.29. The summed E-state index contributed by atoms with van der Waals surface area (Å²) in [6.07, 6.45) is 6.39. The van der Waals surface area contributed by atoms with E-state index in [0.717, 1.165) is 0 Å². The van der Waals surface area contributed by atoms with Crippen molar-refractivity contribution in [3.8, 4) is 11.5 Å². The molecule has 162 valence electrons. The zero-order valence-electron chi connectivity index (χ0n) is 17.0. The van der Waals surface area contributed by atoms with Gasteiger partial charge in [-0.1, -0.05) is 49.4 Å². The molecule has 7 nitrogen and oxygen atoms in total. The summed E-state index contributed by atoms with van der Waals surface area (Å²) in [5, 5.41) is 43.4. The molecule has 2 aromatic carbocycles. The van der Waals surface area contributed by atoms with Crippen LogP contribution in [0.5, 0.6) is 11.5 Å². The molecule has 2 aromatic rings. The highest BCUT2D eigenvalue weighted by Crippen LogP contribution is 2.40. The monoisotopic (exact) mass is 423 g/mol. The van der Waals surface area contributed by atoms with Crippen molar-refractivity contribution >= 4 is 17.6 Å². The Bertz CT molecular complexity index is 1040. The minimum Gasteiger partial charge on any atom is -0.508 e. The molecule has 5 N–H and O–H groups in total. The molecule has 0 spiro atoms. The van der Waals surface area contributed by atoms with Gasteiger partial charge in [0, 0.05) is 11.6 Å². The molecule has 0 aliphatic carbocycles. The van der Waals surface area contributed by atoms with Gasteiger partial charge in [-0.05, 0) is 36.5 Å². The van der Waals surface area contributed by atoms with Gasteiger partial charge in [0.15, 0.2) is 0 Å². The van der Waals surface area contributed by atoms with Crippen molar-refractivity contribution in [3.05, 3.63) is 77.4 Å². The van der Waals surface area contributed by atoms with Crippen LogP contribution < -0.4 is 5.32 Å². The van der Waals surface area contributed by atoms with Crippen molar-refractivity contribution in [1.29, 1.82) is 0 Å². The second-order valence-electron chi connectivity index (χ2n) is 7.61. The number of carbonyl (C=O) groups is 2. The van der Waals surface area contributed by atoms with Crippen LogP contribution in [0, 0.1) is 5.92 Å². The number of anilines is 1. The molecular weight excluding hydrogens is 398 g/mol.